The number of rotatable bonds is 6. The third-order valence-corrected chi connectivity index (χ3v) is 4.21. The Morgan fingerprint density at radius 1 is 1.39 bits per heavy atom. The molecular weight excluding hydrogens is 319 g/mol. The van der Waals surface area contributed by atoms with Crippen LogP contribution in [0.3, 0.4) is 0 Å². The van der Waals surface area contributed by atoms with E-state index in [1.54, 1.807) is 0 Å². The third-order valence-electron chi connectivity index (χ3n) is 3.98. The molecule has 0 aliphatic carbocycles. The summed E-state index contributed by atoms with van der Waals surface area (Å²) in [7, 11) is 0. The van der Waals surface area contributed by atoms with E-state index in [1.165, 1.54) is 12.1 Å². The Kier molecular flexibility index (Phi) is 6.81. The number of ether oxygens (including phenoxy) is 1. The van der Waals surface area contributed by atoms with E-state index in [2.05, 4.69) is 24.1 Å². The SMILES string of the molecule is CC(C)CC(CNC(=O)c1ccc(Cl)cc1F)N1CCOCC1. The molecule has 0 saturated carbocycles. The molecule has 6 heteroatoms. The highest BCUT2D eigenvalue weighted by Gasteiger charge is 2.23. The zero-order valence-electron chi connectivity index (χ0n) is 13.6. The number of benzene rings is 1. The lowest BCUT2D eigenvalue weighted by Gasteiger charge is -2.35. The molecule has 0 aromatic heterocycles. The van der Waals surface area contributed by atoms with Crippen molar-refractivity contribution in [2.24, 2.45) is 5.92 Å². The van der Waals surface area contributed by atoms with Crippen LogP contribution in [-0.2, 0) is 4.74 Å². The van der Waals surface area contributed by atoms with Gasteiger partial charge in [0, 0.05) is 30.7 Å². The van der Waals surface area contributed by atoms with E-state index in [9.17, 15) is 9.18 Å². The Morgan fingerprint density at radius 2 is 2.09 bits per heavy atom. The molecule has 0 bridgehead atoms. The van der Waals surface area contributed by atoms with Crippen LogP contribution in [0.2, 0.25) is 5.02 Å². The second-order valence-corrected chi connectivity index (χ2v) is 6.70. The molecule has 1 N–H and O–H groups in total. The normalized spacial score (nSPS) is 17.3. The fourth-order valence-corrected chi connectivity index (χ4v) is 2.99. The molecule has 1 amide bonds. The number of hydrogen-bond donors (Lipinski definition) is 1. The molecule has 0 spiro atoms. The predicted octanol–water partition coefficient (Wildman–Crippen LogP) is 2.96. The average molecular weight is 343 g/mol. The standard InChI is InChI=1S/C17H24ClFN2O2/c1-12(2)9-14(21-5-7-23-8-6-21)11-20-17(22)15-4-3-13(18)10-16(15)19/h3-4,10,12,14H,5-9,11H2,1-2H3,(H,20,22). The smallest absolute Gasteiger partial charge is 0.254 e. The van der Waals surface area contributed by atoms with Gasteiger partial charge in [0.1, 0.15) is 5.82 Å². The van der Waals surface area contributed by atoms with Crippen LogP contribution in [0.4, 0.5) is 4.39 Å². The van der Waals surface area contributed by atoms with Crippen LogP contribution in [0.1, 0.15) is 30.6 Å². The van der Waals surface area contributed by atoms with E-state index in [0.29, 0.717) is 25.7 Å². The van der Waals surface area contributed by atoms with Gasteiger partial charge in [-0.25, -0.2) is 4.39 Å². The molecule has 1 aliphatic rings. The number of halogens is 2. The number of nitrogens with zero attached hydrogens (tertiary/aromatic N) is 1. The zero-order valence-corrected chi connectivity index (χ0v) is 14.4. The Bertz CT molecular complexity index is 533. The summed E-state index contributed by atoms with van der Waals surface area (Å²) in [5, 5.41) is 3.14. The molecule has 1 aromatic carbocycles. The van der Waals surface area contributed by atoms with Crippen LogP contribution >= 0.6 is 11.6 Å². The van der Waals surface area contributed by atoms with Gasteiger partial charge in [-0.05, 0) is 30.5 Å². The van der Waals surface area contributed by atoms with Gasteiger partial charge in [-0.3, -0.25) is 9.69 Å². The topological polar surface area (TPSA) is 41.6 Å². The van der Waals surface area contributed by atoms with Gasteiger partial charge in [0.2, 0.25) is 0 Å². The van der Waals surface area contributed by atoms with E-state index in [0.717, 1.165) is 25.6 Å². The van der Waals surface area contributed by atoms with Crippen LogP contribution < -0.4 is 5.32 Å². The summed E-state index contributed by atoms with van der Waals surface area (Å²) < 4.78 is 19.2. The fraction of sp³-hybridized carbons (Fsp3) is 0.588. The molecule has 23 heavy (non-hydrogen) atoms. The molecule has 0 radical (unpaired) electrons. The molecule has 4 nitrogen and oxygen atoms in total. The highest BCUT2D eigenvalue weighted by molar-refractivity contribution is 6.30. The molecule has 1 fully saturated rings. The monoisotopic (exact) mass is 342 g/mol. The summed E-state index contributed by atoms with van der Waals surface area (Å²) in [5.41, 5.74) is 0.0275. The largest absolute Gasteiger partial charge is 0.379 e. The van der Waals surface area contributed by atoms with Gasteiger partial charge < -0.3 is 10.1 Å². The van der Waals surface area contributed by atoms with Crippen LogP contribution in [-0.4, -0.2) is 49.7 Å². The minimum absolute atomic E-state index is 0.0275. The molecule has 1 saturated heterocycles. The number of hydrogen-bond acceptors (Lipinski definition) is 3. The highest BCUT2D eigenvalue weighted by Crippen LogP contribution is 2.16. The Labute approximate surface area is 141 Å². The van der Waals surface area contributed by atoms with E-state index >= 15 is 0 Å². The zero-order chi connectivity index (χ0) is 16.8. The van der Waals surface area contributed by atoms with Crippen molar-refractivity contribution >= 4 is 17.5 Å². The molecule has 128 valence electrons. The number of amides is 1. The maximum absolute atomic E-state index is 13.8. The molecule has 1 unspecified atom stereocenters. The first-order valence-corrected chi connectivity index (χ1v) is 8.40. The summed E-state index contributed by atoms with van der Waals surface area (Å²) in [6, 6.07) is 4.33. The first kappa shape index (κ1) is 18.2. The minimum Gasteiger partial charge on any atom is -0.379 e. The van der Waals surface area contributed by atoms with Crippen molar-refractivity contribution in [2.75, 3.05) is 32.8 Å². The average Bonchev–Trinajstić information content (AvgIpc) is 2.51. The van der Waals surface area contributed by atoms with Gasteiger partial charge in [-0.2, -0.15) is 0 Å². The van der Waals surface area contributed by atoms with Gasteiger partial charge in [0.05, 0.1) is 18.8 Å². The Morgan fingerprint density at radius 3 is 2.70 bits per heavy atom. The Hall–Kier alpha value is -1.17. The fourth-order valence-electron chi connectivity index (χ4n) is 2.83. The van der Waals surface area contributed by atoms with Gasteiger partial charge >= 0.3 is 0 Å². The lowest BCUT2D eigenvalue weighted by Crippen LogP contribution is -2.49. The van der Waals surface area contributed by atoms with E-state index < -0.39 is 11.7 Å². The van der Waals surface area contributed by atoms with Crippen molar-refractivity contribution in [3.8, 4) is 0 Å². The number of morpholine rings is 1. The third kappa shape index (κ3) is 5.44. The lowest BCUT2D eigenvalue weighted by atomic mass is 10.0. The molecule has 1 heterocycles. The van der Waals surface area contributed by atoms with Gasteiger partial charge in [-0.1, -0.05) is 25.4 Å². The first-order valence-electron chi connectivity index (χ1n) is 8.02. The van der Waals surface area contributed by atoms with Gasteiger partial charge in [0.15, 0.2) is 0 Å². The first-order chi connectivity index (χ1) is 11.0. The van der Waals surface area contributed by atoms with Crippen LogP contribution in [0, 0.1) is 11.7 Å². The number of carbonyl (C=O) groups is 1. The molecule has 1 aliphatic heterocycles. The second-order valence-electron chi connectivity index (χ2n) is 6.27. The highest BCUT2D eigenvalue weighted by atomic mass is 35.5. The maximum Gasteiger partial charge on any atom is 0.254 e. The van der Waals surface area contributed by atoms with Crippen molar-refractivity contribution in [3.05, 3.63) is 34.6 Å². The quantitative estimate of drug-likeness (QED) is 0.864. The second kappa shape index (κ2) is 8.62. The summed E-state index contributed by atoms with van der Waals surface area (Å²) >= 11 is 5.72. The van der Waals surface area contributed by atoms with E-state index in [-0.39, 0.29) is 16.6 Å². The van der Waals surface area contributed by atoms with Crippen molar-refractivity contribution in [3.63, 3.8) is 0 Å². The molecule has 2 rings (SSSR count). The van der Waals surface area contributed by atoms with Crippen LogP contribution in [0.15, 0.2) is 18.2 Å². The number of carbonyl (C=O) groups excluding carboxylic acids is 1. The molecular formula is C17H24ClFN2O2. The molecule has 1 atom stereocenters. The van der Waals surface area contributed by atoms with E-state index in [4.69, 9.17) is 16.3 Å². The summed E-state index contributed by atoms with van der Waals surface area (Å²) in [5.74, 6) is -0.477. The lowest BCUT2D eigenvalue weighted by molar-refractivity contribution is 0.0124. The van der Waals surface area contributed by atoms with Crippen LogP contribution in [0.25, 0.3) is 0 Å². The van der Waals surface area contributed by atoms with Gasteiger partial charge in [-0.15, -0.1) is 0 Å². The van der Waals surface area contributed by atoms with E-state index in [1.807, 2.05) is 0 Å². The van der Waals surface area contributed by atoms with Crippen molar-refractivity contribution in [2.45, 2.75) is 26.3 Å². The summed E-state index contributed by atoms with van der Waals surface area (Å²) in [6.45, 7) is 7.98. The predicted molar refractivity (Wildman–Crippen MR) is 89.4 cm³/mol. The Balaban J connectivity index is 1.97. The summed E-state index contributed by atoms with van der Waals surface area (Å²) in [6.07, 6.45) is 0.976. The van der Waals surface area contributed by atoms with Crippen molar-refractivity contribution in [1.82, 2.24) is 10.2 Å². The maximum atomic E-state index is 13.8. The minimum atomic E-state index is -0.596. The van der Waals surface area contributed by atoms with Crippen molar-refractivity contribution < 1.29 is 13.9 Å². The molecule has 1 aromatic rings. The van der Waals surface area contributed by atoms with Crippen LogP contribution in [0.5, 0.6) is 0 Å². The van der Waals surface area contributed by atoms with Crippen molar-refractivity contribution in [1.29, 1.82) is 0 Å². The number of nitrogens with one attached hydrogen (secondary N) is 1. The summed E-state index contributed by atoms with van der Waals surface area (Å²) in [4.78, 5) is 14.5. The van der Waals surface area contributed by atoms with Gasteiger partial charge in [0.25, 0.3) is 5.91 Å².